The average Bonchev–Trinajstić information content (AvgIpc) is 2.64. The van der Waals surface area contributed by atoms with Crippen molar-refractivity contribution in [3.8, 4) is 0 Å². The normalized spacial score (nSPS) is 15.5. The van der Waals surface area contributed by atoms with E-state index in [4.69, 9.17) is 4.74 Å². The molecule has 8 heteroatoms. The van der Waals surface area contributed by atoms with Crippen LogP contribution in [0.15, 0.2) is 30.5 Å². The summed E-state index contributed by atoms with van der Waals surface area (Å²) in [6.07, 6.45) is -0.343. The number of amides is 2. The van der Waals surface area contributed by atoms with Gasteiger partial charge in [0.2, 0.25) is 5.91 Å². The van der Waals surface area contributed by atoms with Gasteiger partial charge in [0, 0.05) is 44.5 Å². The summed E-state index contributed by atoms with van der Waals surface area (Å²) in [4.78, 5) is 27.2. The lowest BCUT2D eigenvalue weighted by Gasteiger charge is -2.37. The number of nitrogens with zero attached hydrogens (tertiary/aromatic N) is 2. The minimum Gasteiger partial charge on any atom is -0.444 e. The van der Waals surface area contributed by atoms with Crippen LogP contribution in [0.1, 0.15) is 41.5 Å². The molecule has 0 radical (unpaired) electrons. The maximum absolute atomic E-state index is 14.8. The van der Waals surface area contributed by atoms with Gasteiger partial charge < -0.3 is 25.2 Å². The Morgan fingerprint density at radius 3 is 2.26 bits per heavy atom. The number of nitrogens with one attached hydrogen (secondary N) is 2. The van der Waals surface area contributed by atoms with E-state index in [1.54, 1.807) is 17.0 Å². The van der Waals surface area contributed by atoms with Gasteiger partial charge in [-0.2, -0.15) is 0 Å². The van der Waals surface area contributed by atoms with E-state index in [0.29, 0.717) is 43.3 Å². The van der Waals surface area contributed by atoms with Crippen molar-refractivity contribution >= 4 is 23.4 Å². The van der Waals surface area contributed by atoms with Crippen LogP contribution in [0.5, 0.6) is 0 Å². The molecule has 1 heterocycles. The second kappa shape index (κ2) is 10.0. The molecule has 0 aromatic heterocycles. The first kappa shape index (κ1) is 24.5. The Hall–Kier alpha value is -2.77. The number of halogens is 1. The second-order valence-corrected chi connectivity index (χ2v) is 9.19. The highest BCUT2D eigenvalue weighted by Crippen LogP contribution is 2.26. The van der Waals surface area contributed by atoms with Gasteiger partial charge in [0.05, 0.1) is 11.7 Å². The van der Waals surface area contributed by atoms with Crippen LogP contribution in [0.2, 0.25) is 0 Å². The Morgan fingerprint density at radius 2 is 1.77 bits per heavy atom. The van der Waals surface area contributed by atoms with Crippen molar-refractivity contribution in [2.24, 2.45) is 5.92 Å². The van der Waals surface area contributed by atoms with Gasteiger partial charge in [-0.3, -0.25) is 4.79 Å². The number of hydrogen-bond acceptors (Lipinski definition) is 5. The Kier molecular flexibility index (Phi) is 7.92. The molecule has 1 fully saturated rings. The van der Waals surface area contributed by atoms with E-state index in [-0.39, 0.29) is 29.8 Å². The van der Waals surface area contributed by atoms with Crippen LogP contribution < -0.4 is 15.5 Å². The van der Waals surface area contributed by atoms with E-state index in [1.807, 2.05) is 39.5 Å². The van der Waals surface area contributed by atoms with Gasteiger partial charge in [-0.05, 0) is 44.9 Å². The minimum absolute atomic E-state index is 0.134. The van der Waals surface area contributed by atoms with Crippen LogP contribution in [0, 0.1) is 11.7 Å². The van der Waals surface area contributed by atoms with Gasteiger partial charge >= 0.3 is 6.09 Å². The largest absolute Gasteiger partial charge is 0.444 e. The van der Waals surface area contributed by atoms with Crippen molar-refractivity contribution < 1.29 is 18.7 Å². The van der Waals surface area contributed by atoms with Gasteiger partial charge in [-0.1, -0.05) is 20.4 Å². The molecule has 0 saturated carbocycles. The number of piperazine rings is 1. The number of benzene rings is 1. The van der Waals surface area contributed by atoms with Crippen LogP contribution >= 0.6 is 0 Å². The highest BCUT2D eigenvalue weighted by atomic mass is 19.1. The van der Waals surface area contributed by atoms with Crippen LogP contribution in [-0.2, 0) is 9.53 Å². The van der Waals surface area contributed by atoms with Gasteiger partial charge in [-0.25, -0.2) is 9.18 Å². The minimum atomic E-state index is -0.540. The first-order valence-electron chi connectivity index (χ1n) is 10.6. The number of rotatable bonds is 6. The zero-order valence-corrected chi connectivity index (χ0v) is 19.4. The molecule has 1 saturated heterocycles. The molecule has 0 aliphatic carbocycles. The van der Waals surface area contributed by atoms with Crippen molar-refractivity contribution in [1.82, 2.24) is 10.2 Å². The molecule has 1 aromatic carbocycles. The number of hydrogen-bond donors (Lipinski definition) is 2. The first-order valence-corrected chi connectivity index (χ1v) is 10.6. The molecule has 31 heavy (non-hydrogen) atoms. The summed E-state index contributed by atoms with van der Waals surface area (Å²) in [5.41, 5.74) is 1.11. The Balaban J connectivity index is 1.99. The van der Waals surface area contributed by atoms with E-state index < -0.39 is 5.60 Å². The van der Waals surface area contributed by atoms with Crippen LogP contribution in [0.25, 0.3) is 0 Å². The van der Waals surface area contributed by atoms with Gasteiger partial charge in [0.15, 0.2) is 0 Å². The zero-order chi connectivity index (χ0) is 23.3. The molecule has 1 aromatic rings. The van der Waals surface area contributed by atoms with E-state index in [9.17, 15) is 14.0 Å². The highest BCUT2D eigenvalue weighted by molar-refractivity contribution is 5.74. The predicted molar refractivity (Wildman–Crippen MR) is 122 cm³/mol. The van der Waals surface area contributed by atoms with E-state index >= 15 is 0 Å². The molecule has 7 nitrogen and oxygen atoms in total. The van der Waals surface area contributed by atoms with Crippen molar-refractivity contribution in [2.75, 3.05) is 36.4 Å². The Labute approximate surface area is 184 Å². The highest BCUT2D eigenvalue weighted by Gasteiger charge is 2.27. The number of carbonyl (C=O) groups excluding carboxylic acids is 2. The quantitative estimate of drug-likeness (QED) is 0.709. The fourth-order valence-electron chi connectivity index (χ4n) is 3.44. The zero-order valence-electron chi connectivity index (χ0n) is 19.4. The van der Waals surface area contributed by atoms with Crippen LogP contribution in [0.4, 0.5) is 20.6 Å². The first-order chi connectivity index (χ1) is 14.4. The summed E-state index contributed by atoms with van der Waals surface area (Å²) in [6, 6.07) is 4.67. The molecule has 0 bridgehead atoms. The Bertz CT molecular complexity index is 812. The third kappa shape index (κ3) is 7.15. The second-order valence-electron chi connectivity index (χ2n) is 9.19. The fraction of sp³-hybridized carbons (Fsp3) is 0.565. The molecule has 1 atom stereocenters. The fourth-order valence-corrected chi connectivity index (χ4v) is 3.44. The predicted octanol–water partition coefficient (Wildman–Crippen LogP) is 3.97. The number of ether oxygens (including phenoxy) is 1. The summed E-state index contributed by atoms with van der Waals surface area (Å²) in [6.45, 7) is 16.9. The van der Waals surface area contributed by atoms with E-state index in [1.165, 1.54) is 13.0 Å². The smallest absolute Gasteiger partial charge is 0.410 e. The lowest BCUT2D eigenvalue weighted by atomic mass is 10.0. The molecule has 2 rings (SSSR count). The van der Waals surface area contributed by atoms with Crippen molar-refractivity contribution in [3.63, 3.8) is 0 Å². The van der Waals surface area contributed by atoms with Gasteiger partial charge in [-0.15, -0.1) is 0 Å². The van der Waals surface area contributed by atoms with Crippen LogP contribution in [-0.4, -0.2) is 54.7 Å². The molecule has 1 aliphatic rings. The maximum atomic E-state index is 14.8. The monoisotopic (exact) mass is 434 g/mol. The maximum Gasteiger partial charge on any atom is 0.410 e. The molecule has 0 unspecified atom stereocenters. The average molecular weight is 435 g/mol. The summed E-state index contributed by atoms with van der Waals surface area (Å²) < 4.78 is 20.3. The van der Waals surface area contributed by atoms with Crippen LogP contribution in [0.3, 0.4) is 0 Å². The number of carbonyl (C=O) groups is 2. The lowest BCUT2D eigenvalue weighted by molar-refractivity contribution is -0.119. The summed E-state index contributed by atoms with van der Waals surface area (Å²) in [7, 11) is 0. The van der Waals surface area contributed by atoms with E-state index in [0.717, 1.165) is 0 Å². The SMILES string of the molecule is C=C(Nc1ccc(N2CCN(C(=O)OC(C)(C)C)CC2)c(F)c1)[C@H](NC(C)=O)C(C)C. The number of anilines is 2. The lowest BCUT2D eigenvalue weighted by Crippen LogP contribution is -2.50. The summed E-state index contributed by atoms with van der Waals surface area (Å²) >= 11 is 0. The third-order valence-electron chi connectivity index (χ3n) is 4.93. The summed E-state index contributed by atoms with van der Waals surface area (Å²) in [5, 5.41) is 5.97. The third-order valence-corrected chi connectivity index (χ3v) is 4.93. The Morgan fingerprint density at radius 1 is 1.16 bits per heavy atom. The summed E-state index contributed by atoms with van der Waals surface area (Å²) in [5.74, 6) is -0.368. The van der Waals surface area contributed by atoms with Gasteiger partial charge in [0.25, 0.3) is 0 Å². The standard InChI is InChI=1S/C23H35FN4O3/c1-15(2)21(26-17(4)29)16(3)25-18-8-9-20(19(24)14-18)27-10-12-28(13-11-27)22(30)31-23(5,6)7/h8-9,14-15,21,25H,3,10-13H2,1-2,4-7H3,(H,26,29)/t21-/m1/s1. The molecule has 0 spiro atoms. The molecule has 2 amide bonds. The van der Waals surface area contributed by atoms with Crippen molar-refractivity contribution in [1.29, 1.82) is 0 Å². The molecular weight excluding hydrogens is 399 g/mol. The van der Waals surface area contributed by atoms with Crippen molar-refractivity contribution in [3.05, 3.63) is 36.3 Å². The molecule has 1 aliphatic heterocycles. The molecule has 2 N–H and O–H groups in total. The van der Waals surface area contributed by atoms with Gasteiger partial charge in [0.1, 0.15) is 11.4 Å². The van der Waals surface area contributed by atoms with E-state index in [2.05, 4.69) is 17.2 Å². The molecular formula is C23H35FN4O3. The molecule has 172 valence electrons. The topological polar surface area (TPSA) is 73.9 Å². The van der Waals surface area contributed by atoms with Crippen molar-refractivity contribution in [2.45, 2.75) is 53.2 Å².